The quantitative estimate of drug-likeness (QED) is 0.149. The van der Waals surface area contributed by atoms with E-state index < -0.39 is 0 Å². The molecule has 0 aliphatic heterocycles. The minimum atomic E-state index is -0.0996. The SMILES string of the molecule is C#C/C=C\c1c(C)oc2cc(C3=CCC(N(C4=CC(c5cccc(-c6ccc7c(c6)-c6ccccc6C7(C)C)c5)CC=C4)c4ccc5c(c4)C(C)(C)c4ccccc4-5)C=C3)ccc12. The van der Waals surface area contributed by atoms with Crippen LogP contribution in [0, 0.1) is 19.3 Å². The van der Waals surface area contributed by atoms with Gasteiger partial charge >= 0.3 is 0 Å². The molecule has 2 atom stereocenters. The summed E-state index contributed by atoms with van der Waals surface area (Å²) in [5.74, 6) is 3.71. The summed E-state index contributed by atoms with van der Waals surface area (Å²) >= 11 is 0. The van der Waals surface area contributed by atoms with Crippen LogP contribution >= 0.6 is 0 Å². The van der Waals surface area contributed by atoms with Crippen LogP contribution in [-0.4, -0.2) is 6.04 Å². The molecule has 0 N–H and O–H groups in total. The van der Waals surface area contributed by atoms with Crippen molar-refractivity contribution in [2.75, 3.05) is 4.90 Å². The maximum absolute atomic E-state index is 6.22. The van der Waals surface area contributed by atoms with Gasteiger partial charge in [0.15, 0.2) is 0 Å². The van der Waals surface area contributed by atoms with Crippen LogP contribution in [0.25, 0.3) is 56.0 Å². The van der Waals surface area contributed by atoms with E-state index in [-0.39, 0.29) is 22.8 Å². The molecule has 2 heteroatoms. The number of furan rings is 1. The molecule has 0 spiro atoms. The Kier molecular flexibility index (Phi) is 9.11. The average molecular weight is 814 g/mol. The summed E-state index contributed by atoms with van der Waals surface area (Å²) in [4.78, 5) is 2.58. The van der Waals surface area contributed by atoms with E-state index in [9.17, 15) is 0 Å². The van der Waals surface area contributed by atoms with E-state index in [1.807, 2.05) is 13.0 Å². The van der Waals surface area contributed by atoms with Gasteiger partial charge in [0.1, 0.15) is 11.3 Å². The Balaban J connectivity index is 0.948. The summed E-state index contributed by atoms with van der Waals surface area (Å²) in [6.45, 7) is 11.4. The number of rotatable bonds is 7. The van der Waals surface area contributed by atoms with Crippen LogP contribution in [0.15, 0.2) is 180 Å². The third-order valence-electron chi connectivity index (χ3n) is 14.4. The molecule has 0 saturated carbocycles. The predicted molar refractivity (Wildman–Crippen MR) is 265 cm³/mol. The van der Waals surface area contributed by atoms with Crippen LogP contribution in [0.1, 0.15) is 91.2 Å². The van der Waals surface area contributed by atoms with Gasteiger partial charge in [0.05, 0.1) is 6.04 Å². The van der Waals surface area contributed by atoms with Crippen molar-refractivity contribution in [3.8, 4) is 45.7 Å². The van der Waals surface area contributed by atoms with E-state index in [0.29, 0.717) is 0 Å². The molecule has 0 bridgehead atoms. The number of fused-ring (bicyclic) bond motifs is 7. The molecule has 11 rings (SSSR count). The van der Waals surface area contributed by atoms with Gasteiger partial charge in [-0.3, -0.25) is 0 Å². The smallest absolute Gasteiger partial charge is 0.135 e. The molecule has 4 aliphatic carbocycles. The number of nitrogens with zero attached hydrogens (tertiary/aromatic N) is 1. The fraction of sp³-hybridized carbons (Fsp3) is 0.180. The Bertz CT molecular complexity index is 3220. The van der Waals surface area contributed by atoms with Gasteiger partial charge in [-0.15, -0.1) is 6.42 Å². The van der Waals surface area contributed by atoms with Crippen molar-refractivity contribution in [3.05, 3.63) is 220 Å². The zero-order chi connectivity index (χ0) is 43.0. The number of terminal acetylenes is 1. The summed E-state index contributed by atoms with van der Waals surface area (Å²) in [7, 11) is 0. The van der Waals surface area contributed by atoms with Crippen LogP contribution < -0.4 is 4.90 Å². The van der Waals surface area contributed by atoms with Crippen LogP contribution in [-0.2, 0) is 10.8 Å². The van der Waals surface area contributed by atoms with Crippen molar-refractivity contribution in [3.63, 3.8) is 0 Å². The second-order valence-corrected chi connectivity index (χ2v) is 18.8. The molecule has 2 nitrogen and oxygen atoms in total. The first-order valence-electron chi connectivity index (χ1n) is 22.4. The van der Waals surface area contributed by atoms with Crippen molar-refractivity contribution in [1.82, 2.24) is 0 Å². The Hall–Kier alpha value is -7.08. The van der Waals surface area contributed by atoms with Gasteiger partial charge in [-0.25, -0.2) is 0 Å². The molecule has 0 amide bonds. The van der Waals surface area contributed by atoms with Gasteiger partial charge in [-0.05, 0) is 141 Å². The van der Waals surface area contributed by atoms with Crippen molar-refractivity contribution < 1.29 is 4.42 Å². The summed E-state index contributed by atoms with van der Waals surface area (Å²) in [6.07, 6.45) is 25.4. The monoisotopic (exact) mass is 813 g/mol. The zero-order valence-corrected chi connectivity index (χ0v) is 36.7. The maximum atomic E-state index is 6.22. The lowest BCUT2D eigenvalue weighted by Gasteiger charge is -2.36. The molecule has 1 heterocycles. The van der Waals surface area contributed by atoms with Crippen molar-refractivity contribution in [2.45, 2.75) is 70.3 Å². The number of allylic oxidation sites excluding steroid dienone is 6. The number of hydrogen-bond donors (Lipinski definition) is 0. The van der Waals surface area contributed by atoms with E-state index in [0.717, 1.165) is 40.7 Å². The Morgan fingerprint density at radius 3 is 2.16 bits per heavy atom. The fourth-order valence-electron chi connectivity index (χ4n) is 11.1. The van der Waals surface area contributed by atoms with Gasteiger partial charge in [-0.1, -0.05) is 161 Å². The first-order valence-corrected chi connectivity index (χ1v) is 22.4. The second-order valence-electron chi connectivity index (χ2n) is 18.8. The van der Waals surface area contributed by atoms with Crippen LogP contribution in [0.4, 0.5) is 5.69 Å². The molecule has 4 aliphatic rings. The summed E-state index contributed by atoms with van der Waals surface area (Å²) in [5, 5.41) is 1.08. The number of hydrogen-bond acceptors (Lipinski definition) is 2. The molecular formula is C61H51NO. The molecule has 306 valence electrons. The van der Waals surface area contributed by atoms with E-state index in [4.69, 9.17) is 10.8 Å². The fourth-order valence-corrected chi connectivity index (χ4v) is 11.1. The Morgan fingerprint density at radius 1 is 0.667 bits per heavy atom. The van der Waals surface area contributed by atoms with E-state index in [2.05, 4.69) is 202 Å². The molecular weight excluding hydrogens is 763 g/mol. The highest BCUT2D eigenvalue weighted by Crippen LogP contribution is 2.51. The molecule has 7 aromatic rings. The normalized spacial score (nSPS) is 18.7. The highest BCUT2D eigenvalue weighted by Gasteiger charge is 2.37. The first kappa shape index (κ1) is 38.8. The summed E-state index contributed by atoms with van der Waals surface area (Å²) < 4.78 is 6.22. The van der Waals surface area contributed by atoms with E-state index in [1.165, 1.54) is 78.2 Å². The molecule has 0 fully saturated rings. The number of anilines is 1. The van der Waals surface area contributed by atoms with E-state index in [1.54, 1.807) is 6.08 Å². The lowest BCUT2D eigenvalue weighted by atomic mass is 9.82. The van der Waals surface area contributed by atoms with Crippen molar-refractivity contribution >= 4 is 28.3 Å². The van der Waals surface area contributed by atoms with Gasteiger partial charge < -0.3 is 9.32 Å². The molecule has 1 aromatic heterocycles. The zero-order valence-electron chi connectivity index (χ0n) is 36.7. The second kappa shape index (κ2) is 14.8. The van der Waals surface area contributed by atoms with Crippen molar-refractivity contribution in [2.24, 2.45) is 0 Å². The minimum Gasteiger partial charge on any atom is -0.461 e. The van der Waals surface area contributed by atoms with Crippen LogP contribution in [0.2, 0.25) is 0 Å². The van der Waals surface area contributed by atoms with E-state index >= 15 is 0 Å². The summed E-state index contributed by atoms with van der Waals surface area (Å²) in [6, 6.07) is 48.0. The maximum Gasteiger partial charge on any atom is 0.135 e. The molecule has 2 unspecified atom stereocenters. The Morgan fingerprint density at radius 2 is 1.38 bits per heavy atom. The summed E-state index contributed by atoms with van der Waals surface area (Å²) in [5.41, 5.74) is 21.4. The Labute approximate surface area is 372 Å². The van der Waals surface area contributed by atoms with Crippen molar-refractivity contribution in [1.29, 1.82) is 0 Å². The lowest BCUT2D eigenvalue weighted by molar-refractivity contribution is 0.577. The molecule has 0 saturated heterocycles. The largest absolute Gasteiger partial charge is 0.461 e. The number of aryl methyl sites for hydroxylation is 1. The average Bonchev–Trinajstić information content (AvgIpc) is 3.85. The lowest BCUT2D eigenvalue weighted by Crippen LogP contribution is -2.34. The van der Waals surface area contributed by atoms with Crippen LogP contribution in [0.5, 0.6) is 0 Å². The highest BCUT2D eigenvalue weighted by molar-refractivity contribution is 5.92. The molecule has 0 radical (unpaired) electrons. The van der Waals surface area contributed by atoms with Gasteiger partial charge in [0.25, 0.3) is 0 Å². The predicted octanol–water partition coefficient (Wildman–Crippen LogP) is 15.5. The third-order valence-corrected chi connectivity index (χ3v) is 14.4. The third kappa shape index (κ3) is 6.33. The minimum absolute atomic E-state index is 0.00415. The standard InChI is InChI=1S/C61H51NO/c1-7-8-19-49-39(2)63-59-37-45(26-31-53(49)59)40-24-28-46(29-25-40)62(48-30-32-52-50-20-9-11-22-55(50)61(5,6)58(52)38-48)47-18-14-17-43(35-47)41-15-13-16-42(34-41)44-27-33-57-54(36-44)51-21-10-12-23-56(51)60(57,3)4/h1,8-16,18-28,30-38,43,46H,17,29H2,2-6H3/b19-8-. The topological polar surface area (TPSA) is 16.4 Å². The van der Waals surface area contributed by atoms with Crippen LogP contribution in [0.3, 0.4) is 0 Å². The number of benzene rings is 6. The molecule has 6 aromatic carbocycles. The first-order chi connectivity index (χ1) is 30.6. The van der Waals surface area contributed by atoms with Gasteiger partial charge in [0, 0.05) is 39.1 Å². The molecule has 63 heavy (non-hydrogen) atoms. The highest BCUT2D eigenvalue weighted by atomic mass is 16.3. The van der Waals surface area contributed by atoms with Gasteiger partial charge in [0.2, 0.25) is 0 Å². The van der Waals surface area contributed by atoms with Gasteiger partial charge in [-0.2, -0.15) is 0 Å².